The topological polar surface area (TPSA) is 84.6 Å². The highest BCUT2D eigenvalue weighted by Gasteiger charge is 2.29. The Labute approximate surface area is 145 Å². The van der Waals surface area contributed by atoms with Gasteiger partial charge in [0.05, 0.1) is 23.7 Å². The molecular formula is C17H21N5O3. The smallest absolute Gasteiger partial charge is 0.282 e. The minimum atomic E-state index is -0.351. The number of benzene rings is 1. The lowest BCUT2D eigenvalue weighted by atomic mass is 10.1. The van der Waals surface area contributed by atoms with Crippen molar-refractivity contribution in [1.82, 2.24) is 14.9 Å². The second-order valence-electron chi connectivity index (χ2n) is 6.64. The van der Waals surface area contributed by atoms with Crippen LogP contribution in [0, 0.1) is 16.0 Å². The first-order valence-electron chi connectivity index (χ1n) is 8.65. The Balaban J connectivity index is 1.57. The second kappa shape index (κ2) is 6.89. The standard InChI is InChI=1S/C17H21N5O3/c23-22(24)15-3-1-2-14-16(15)17(19-12-18-14)21-5-4-13(11-21)10-20-6-8-25-9-7-20/h1-3,12-13H,4-11H2/t13-/m0/s1. The van der Waals surface area contributed by atoms with Crippen molar-refractivity contribution in [3.63, 3.8) is 0 Å². The lowest BCUT2D eigenvalue weighted by molar-refractivity contribution is -0.383. The van der Waals surface area contributed by atoms with E-state index in [0.717, 1.165) is 52.4 Å². The third kappa shape index (κ3) is 3.27. The zero-order valence-corrected chi connectivity index (χ0v) is 14.0. The number of hydrogen-bond donors (Lipinski definition) is 0. The molecule has 0 saturated carbocycles. The van der Waals surface area contributed by atoms with E-state index >= 15 is 0 Å². The summed E-state index contributed by atoms with van der Waals surface area (Å²) < 4.78 is 5.41. The molecule has 132 valence electrons. The Morgan fingerprint density at radius 1 is 1.24 bits per heavy atom. The first-order valence-corrected chi connectivity index (χ1v) is 8.65. The zero-order chi connectivity index (χ0) is 17.2. The molecule has 1 atom stereocenters. The van der Waals surface area contributed by atoms with Crippen LogP contribution in [-0.4, -0.2) is 65.7 Å². The van der Waals surface area contributed by atoms with Crippen LogP contribution in [-0.2, 0) is 4.74 Å². The number of ether oxygens (including phenoxy) is 1. The van der Waals surface area contributed by atoms with Gasteiger partial charge in [-0.05, 0) is 18.4 Å². The van der Waals surface area contributed by atoms with E-state index in [0.29, 0.717) is 22.6 Å². The zero-order valence-electron chi connectivity index (χ0n) is 14.0. The van der Waals surface area contributed by atoms with Gasteiger partial charge in [-0.2, -0.15) is 0 Å². The number of non-ortho nitro benzene ring substituents is 1. The monoisotopic (exact) mass is 343 g/mol. The molecule has 0 aliphatic carbocycles. The highest BCUT2D eigenvalue weighted by atomic mass is 16.6. The predicted molar refractivity (Wildman–Crippen MR) is 93.8 cm³/mol. The first kappa shape index (κ1) is 16.2. The van der Waals surface area contributed by atoms with Crippen LogP contribution in [0.5, 0.6) is 0 Å². The summed E-state index contributed by atoms with van der Waals surface area (Å²) in [6, 6.07) is 4.99. The molecule has 2 aromatic rings. The largest absolute Gasteiger partial charge is 0.379 e. The summed E-state index contributed by atoms with van der Waals surface area (Å²) in [5.41, 5.74) is 0.695. The van der Waals surface area contributed by atoms with Crippen molar-refractivity contribution in [3.8, 4) is 0 Å². The molecule has 3 heterocycles. The summed E-state index contributed by atoms with van der Waals surface area (Å²) in [4.78, 5) is 24.3. The number of nitrogens with zero attached hydrogens (tertiary/aromatic N) is 5. The van der Waals surface area contributed by atoms with E-state index in [1.807, 2.05) is 0 Å². The lowest BCUT2D eigenvalue weighted by Crippen LogP contribution is -2.39. The molecule has 2 saturated heterocycles. The van der Waals surface area contributed by atoms with Crippen molar-refractivity contribution in [2.45, 2.75) is 6.42 Å². The maximum Gasteiger partial charge on any atom is 0.282 e. The SMILES string of the molecule is O=[N+]([O-])c1cccc2ncnc(N3CC[C@@H](CN4CCOCC4)C3)c12. The van der Waals surface area contributed by atoms with Crippen molar-refractivity contribution in [1.29, 1.82) is 0 Å². The van der Waals surface area contributed by atoms with Crippen molar-refractivity contribution < 1.29 is 9.66 Å². The molecule has 2 aliphatic rings. The summed E-state index contributed by atoms with van der Waals surface area (Å²) >= 11 is 0. The van der Waals surface area contributed by atoms with E-state index in [4.69, 9.17) is 4.74 Å². The van der Waals surface area contributed by atoms with E-state index in [2.05, 4.69) is 19.8 Å². The van der Waals surface area contributed by atoms with E-state index in [9.17, 15) is 10.1 Å². The van der Waals surface area contributed by atoms with Gasteiger partial charge in [0.1, 0.15) is 17.5 Å². The Morgan fingerprint density at radius 2 is 2.08 bits per heavy atom. The minimum Gasteiger partial charge on any atom is -0.379 e. The van der Waals surface area contributed by atoms with Crippen LogP contribution < -0.4 is 4.90 Å². The highest BCUT2D eigenvalue weighted by Crippen LogP contribution is 2.34. The molecular weight excluding hydrogens is 322 g/mol. The average molecular weight is 343 g/mol. The minimum absolute atomic E-state index is 0.0738. The van der Waals surface area contributed by atoms with Crippen molar-refractivity contribution in [2.75, 3.05) is 50.8 Å². The Morgan fingerprint density at radius 3 is 2.88 bits per heavy atom. The summed E-state index contributed by atoms with van der Waals surface area (Å²) in [5, 5.41) is 12.0. The van der Waals surface area contributed by atoms with Crippen molar-refractivity contribution in [3.05, 3.63) is 34.6 Å². The lowest BCUT2D eigenvalue weighted by Gasteiger charge is -2.29. The van der Waals surface area contributed by atoms with Gasteiger partial charge in [-0.1, -0.05) is 6.07 Å². The maximum absolute atomic E-state index is 11.4. The van der Waals surface area contributed by atoms with Gasteiger partial charge in [0.25, 0.3) is 5.69 Å². The molecule has 25 heavy (non-hydrogen) atoms. The fourth-order valence-corrected chi connectivity index (χ4v) is 3.79. The predicted octanol–water partition coefficient (Wildman–Crippen LogP) is 1.70. The van der Waals surface area contributed by atoms with E-state index < -0.39 is 0 Å². The Kier molecular flexibility index (Phi) is 4.46. The summed E-state index contributed by atoms with van der Waals surface area (Å²) in [6.45, 7) is 6.36. The molecule has 0 unspecified atom stereocenters. The Bertz CT molecular complexity index is 773. The van der Waals surface area contributed by atoms with Gasteiger partial charge in [0.15, 0.2) is 0 Å². The molecule has 1 aromatic heterocycles. The van der Waals surface area contributed by atoms with Crippen LogP contribution >= 0.6 is 0 Å². The average Bonchev–Trinajstić information content (AvgIpc) is 3.09. The molecule has 8 nitrogen and oxygen atoms in total. The molecule has 0 radical (unpaired) electrons. The third-order valence-electron chi connectivity index (χ3n) is 5.02. The fraction of sp³-hybridized carbons (Fsp3) is 0.529. The van der Waals surface area contributed by atoms with Gasteiger partial charge in [0, 0.05) is 38.8 Å². The number of anilines is 1. The second-order valence-corrected chi connectivity index (χ2v) is 6.64. The molecule has 0 amide bonds. The van der Waals surface area contributed by atoms with E-state index in [1.165, 1.54) is 12.4 Å². The first-order chi connectivity index (χ1) is 12.2. The van der Waals surface area contributed by atoms with Crippen LogP contribution in [0.3, 0.4) is 0 Å². The number of fused-ring (bicyclic) bond motifs is 1. The highest BCUT2D eigenvalue weighted by molar-refractivity contribution is 5.97. The van der Waals surface area contributed by atoms with Gasteiger partial charge in [-0.15, -0.1) is 0 Å². The number of nitro benzene ring substituents is 1. The van der Waals surface area contributed by atoms with Gasteiger partial charge >= 0.3 is 0 Å². The van der Waals surface area contributed by atoms with Gasteiger partial charge < -0.3 is 9.64 Å². The number of nitro groups is 1. The summed E-state index contributed by atoms with van der Waals surface area (Å²) in [7, 11) is 0. The molecule has 0 N–H and O–H groups in total. The molecule has 1 aromatic carbocycles. The quantitative estimate of drug-likeness (QED) is 0.617. The van der Waals surface area contributed by atoms with Crippen LogP contribution in [0.4, 0.5) is 11.5 Å². The van der Waals surface area contributed by atoms with E-state index in [-0.39, 0.29) is 10.6 Å². The van der Waals surface area contributed by atoms with Gasteiger partial charge in [0.2, 0.25) is 0 Å². The van der Waals surface area contributed by atoms with Crippen molar-refractivity contribution >= 4 is 22.4 Å². The number of rotatable bonds is 4. The van der Waals surface area contributed by atoms with Gasteiger partial charge in [-0.25, -0.2) is 9.97 Å². The summed E-state index contributed by atoms with van der Waals surface area (Å²) in [5.74, 6) is 1.23. The van der Waals surface area contributed by atoms with Crippen LogP contribution in [0.2, 0.25) is 0 Å². The van der Waals surface area contributed by atoms with Crippen LogP contribution in [0.15, 0.2) is 24.5 Å². The fourth-order valence-electron chi connectivity index (χ4n) is 3.79. The Hall–Kier alpha value is -2.32. The third-order valence-corrected chi connectivity index (χ3v) is 5.02. The maximum atomic E-state index is 11.4. The van der Waals surface area contributed by atoms with Crippen LogP contribution in [0.1, 0.15) is 6.42 Å². The number of aromatic nitrogens is 2. The van der Waals surface area contributed by atoms with Crippen molar-refractivity contribution in [2.24, 2.45) is 5.92 Å². The summed E-state index contributed by atoms with van der Waals surface area (Å²) in [6.07, 6.45) is 2.57. The number of morpholine rings is 1. The number of hydrogen-bond acceptors (Lipinski definition) is 7. The van der Waals surface area contributed by atoms with Gasteiger partial charge in [-0.3, -0.25) is 15.0 Å². The molecule has 0 spiro atoms. The molecule has 2 fully saturated rings. The molecule has 4 rings (SSSR count). The molecule has 8 heteroatoms. The normalized spacial score (nSPS) is 21.8. The molecule has 2 aliphatic heterocycles. The van der Waals surface area contributed by atoms with E-state index in [1.54, 1.807) is 12.1 Å². The van der Waals surface area contributed by atoms with Crippen LogP contribution in [0.25, 0.3) is 10.9 Å². The molecule has 0 bridgehead atoms.